The Hall–Kier alpha value is -2.25. The summed E-state index contributed by atoms with van der Waals surface area (Å²) in [4.78, 5) is 11.9. The van der Waals surface area contributed by atoms with Crippen LogP contribution >= 0.6 is 0 Å². The first-order chi connectivity index (χ1) is 10.6. The predicted octanol–water partition coefficient (Wildman–Crippen LogP) is 1.14. The van der Waals surface area contributed by atoms with Crippen LogP contribution in [0, 0.1) is 5.82 Å². The number of para-hydroxylation sites is 1. The van der Waals surface area contributed by atoms with Crippen LogP contribution in [0.5, 0.6) is 0 Å². The van der Waals surface area contributed by atoms with Gasteiger partial charge >= 0.3 is 0 Å². The largest absolute Gasteiger partial charge is 0.391 e. The van der Waals surface area contributed by atoms with E-state index in [1.165, 1.54) is 30.1 Å². The van der Waals surface area contributed by atoms with Crippen LogP contribution in [0.15, 0.2) is 36.5 Å². The molecule has 118 valence electrons. The molecule has 0 spiro atoms. The van der Waals surface area contributed by atoms with Crippen LogP contribution in [0.3, 0.4) is 0 Å². The highest BCUT2D eigenvalue weighted by Gasteiger charge is 2.12. The molecule has 0 radical (unpaired) electrons. The zero-order valence-electron chi connectivity index (χ0n) is 12.2. The van der Waals surface area contributed by atoms with Gasteiger partial charge in [0, 0.05) is 19.9 Å². The number of carbonyl (C=O) groups excluding carboxylic acids is 1. The minimum absolute atomic E-state index is 0.185. The highest BCUT2D eigenvalue weighted by atomic mass is 19.1. The number of carbonyl (C=O) groups is 1. The highest BCUT2D eigenvalue weighted by molar-refractivity contribution is 5.92. The van der Waals surface area contributed by atoms with Crippen LogP contribution in [-0.4, -0.2) is 47.2 Å². The number of amides is 1. The van der Waals surface area contributed by atoms with Gasteiger partial charge in [0.2, 0.25) is 0 Å². The smallest absolute Gasteiger partial charge is 0.271 e. The second kappa shape index (κ2) is 7.67. The molecule has 0 aliphatic carbocycles. The summed E-state index contributed by atoms with van der Waals surface area (Å²) in [6.45, 7) is 0.522. The fraction of sp³-hybridized carbons (Fsp3) is 0.333. The molecule has 7 heteroatoms. The molecule has 1 atom stereocenters. The molecule has 2 aromatic rings. The van der Waals surface area contributed by atoms with Crippen LogP contribution in [0.2, 0.25) is 0 Å². The monoisotopic (exact) mass is 307 g/mol. The molecular formula is C15H18FN3O3. The third-order valence-corrected chi connectivity index (χ3v) is 3.04. The number of aliphatic hydroxyl groups is 1. The number of hydrogen-bond donors (Lipinski definition) is 2. The molecule has 0 aliphatic rings. The lowest BCUT2D eigenvalue weighted by atomic mass is 10.2. The number of nitrogens with one attached hydrogen (secondary N) is 1. The van der Waals surface area contributed by atoms with E-state index in [-0.39, 0.29) is 23.9 Å². The fourth-order valence-electron chi connectivity index (χ4n) is 1.94. The third kappa shape index (κ3) is 4.12. The molecule has 0 saturated heterocycles. The Morgan fingerprint density at radius 3 is 2.95 bits per heavy atom. The maximum atomic E-state index is 13.6. The number of ether oxygens (including phenoxy) is 1. The molecule has 0 saturated carbocycles. The molecule has 1 amide bonds. The summed E-state index contributed by atoms with van der Waals surface area (Å²) in [5.41, 5.74) is 0.460. The molecule has 6 nitrogen and oxygen atoms in total. The molecule has 2 N–H and O–H groups in total. The molecule has 1 aromatic carbocycles. The Balaban J connectivity index is 1.94. The van der Waals surface area contributed by atoms with Crippen molar-refractivity contribution in [2.45, 2.75) is 12.5 Å². The topological polar surface area (TPSA) is 76.4 Å². The van der Waals surface area contributed by atoms with E-state index in [0.717, 1.165) is 0 Å². The first-order valence-corrected chi connectivity index (χ1v) is 6.87. The van der Waals surface area contributed by atoms with Gasteiger partial charge in [-0.1, -0.05) is 12.1 Å². The van der Waals surface area contributed by atoms with Crippen LogP contribution in [0.4, 0.5) is 4.39 Å². The van der Waals surface area contributed by atoms with E-state index in [4.69, 9.17) is 4.74 Å². The van der Waals surface area contributed by atoms with Crippen LogP contribution in [-0.2, 0) is 4.74 Å². The Bertz CT molecular complexity index is 630. The molecule has 0 fully saturated rings. The number of aromatic nitrogens is 2. The average molecular weight is 307 g/mol. The second-order valence-corrected chi connectivity index (χ2v) is 4.75. The summed E-state index contributed by atoms with van der Waals surface area (Å²) in [5, 5.41) is 16.2. The Kier molecular flexibility index (Phi) is 5.62. The van der Waals surface area contributed by atoms with Crippen LogP contribution in [0.25, 0.3) is 5.69 Å². The van der Waals surface area contributed by atoms with E-state index in [1.807, 2.05) is 0 Å². The van der Waals surface area contributed by atoms with Crippen LogP contribution < -0.4 is 5.32 Å². The average Bonchev–Trinajstić information content (AvgIpc) is 2.97. The van der Waals surface area contributed by atoms with Gasteiger partial charge in [0.05, 0.1) is 12.7 Å². The lowest BCUT2D eigenvalue weighted by Crippen LogP contribution is -2.28. The van der Waals surface area contributed by atoms with Gasteiger partial charge in [-0.15, -0.1) is 0 Å². The summed E-state index contributed by atoms with van der Waals surface area (Å²) in [6.07, 6.45) is 1.28. The molecule has 1 unspecified atom stereocenters. The van der Waals surface area contributed by atoms with Gasteiger partial charge in [-0.2, -0.15) is 5.10 Å². The minimum atomic E-state index is -0.624. The van der Waals surface area contributed by atoms with Crippen molar-refractivity contribution in [1.82, 2.24) is 15.1 Å². The van der Waals surface area contributed by atoms with Gasteiger partial charge in [0.25, 0.3) is 5.91 Å². The number of rotatable bonds is 7. The van der Waals surface area contributed by atoms with Crippen molar-refractivity contribution in [3.05, 3.63) is 48.0 Å². The normalized spacial score (nSPS) is 12.1. The van der Waals surface area contributed by atoms with Gasteiger partial charge in [0.1, 0.15) is 11.5 Å². The number of halogens is 1. The van der Waals surface area contributed by atoms with Gasteiger partial charge < -0.3 is 15.2 Å². The van der Waals surface area contributed by atoms with Crippen molar-refractivity contribution >= 4 is 5.91 Å². The van der Waals surface area contributed by atoms with E-state index in [1.54, 1.807) is 18.2 Å². The van der Waals surface area contributed by atoms with E-state index < -0.39 is 11.9 Å². The minimum Gasteiger partial charge on any atom is -0.391 e. The molecular weight excluding hydrogens is 289 g/mol. The molecule has 0 aliphatic heterocycles. The third-order valence-electron chi connectivity index (χ3n) is 3.04. The lowest BCUT2D eigenvalue weighted by Gasteiger charge is -2.09. The summed E-state index contributed by atoms with van der Waals surface area (Å²) in [7, 11) is 1.50. The fourth-order valence-corrected chi connectivity index (χ4v) is 1.94. The Morgan fingerprint density at radius 1 is 1.45 bits per heavy atom. The number of methoxy groups -OCH3 is 1. The first kappa shape index (κ1) is 16.1. The number of benzene rings is 1. The quantitative estimate of drug-likeness (QED) is 0.804. The maximum absolute atomic E-state index is 13.6. The first-order valence-electron chi connectivity index (χ1n) is 6.87. The summed E-state index contributed by atoms with van der Waals surface area (Å²) >= 11 is 0. The van der Waals surface area contributed by atoms with Gasteiger partial charge in [0.15, 0.2) is 5.69 Å². The Labute approximate surface area is 127 Å². The van der Waals surface area contributed by atoms with Gasteiger partial charge in [-0.3, -0.25) is 4.79 Å². The zero-order valence-corrected chi connectivity index (χ0v) is 12.2. The molecule has 1 aromatic heterocycles. The maximum Gasteiger partial charge on any atom is 0.271 e. The SMILES string of the molecule is COCC(O)CCNC(=O)c1ccn(-c2ccccc2F)n1. The van der Waals surface area contributed by atoms with Crippen molar-refractivity contribution < 1.29 is 19.0 Å². The van der Waals surface area contributed by atoms with E-state index >= 15 is 0 Å². The molecule has 2 rings (SSSR count). The summed E-state index contributed by atoms with van der Waals surface area (Å²) in [6, 6.07) is 7.69. The zero-order chi connectivity index (χ0) is 15.9. The van der Waals surface area contributed by atoms with Crippen molar-refractivity contribution in [3.8, 4) is 5.69 Å². The van der Waals surface area contributed by atoms with E-state index in [0.29, 0.717) is 13.0 Å². The van der Waals surface area contributed by atoms with Crippen molar-refractivity contribution in [2.75, 3.05) is 20.3 Å². The molecule has 1 heterocycles. The summed E-state index contributed by atoms with van der Waals surface area (Å²) < 4.78 is 19.8. The number of nitrogens with zero attached hydrogens (tertiary/aromatic N) is 2. The number of aliphatic hydroxyl groups excluding tert-OH is 1. The number of hydrogen-bond acceptors (Lipinski definition) is 4. The highest BCUT2D eigenvalue weighted by Crippen LogP contribution is 2.12. The van der Waals surface area contributed by atoms with Gasteiger partial charge in [-0.25, -0.2) is 9.07 Å². The van der Waals surface area contributed by atoms with Crippen molar-refractivity contribution in [3.63, 3.8) is 0 Å². The second-order valence-electron chi connectivity index (χ2n) is 4.75. The molecule has 0 bridgehead atoms. The predicted molar refractivity (Wildman–Crippen MR) is 78.4 cm³/mol. The van der Waals surface area contributed by atoms with Crippen molar-refractivity contribution in [2.24, 2.45) is 0 Å². The van der Waals surface area contributed by atoms with E-state index in [2.05, 4.69) is 10.4 Å². The lowest BCUT2D eigenvalue weighted by molar-refractivity contribution is 0.0587. The van der Waals surface area contributed by atoms with E-state index in [9.17, 15) is 14.3 Å². The Morgan fingerprint density at radius 2 is 2.23 bits per heavy atom. The van der Waals surface area contributed by atoms with Gasteiger partial charge in [-0.05, 0) is 24.6 Å². The van der Waals surface area contributed by atoms with Crippen molar-refractivity contribution in [1.29, 1.82) is 0 Å². The summed E-state index contributed by atoms with van der Waals surface area (Å²) in [5.74, 6) is -0.792. The van der Waals surface area contributed by atoms with Crippen LogP contribution in [0.1, 0.15) is 16.9 Å². The molecule has 22 heavy (non-hydrogen) atoms. The standard InChI is InChI=1S/C15H18FN3O3/c1-22-10-11(20)6-8-17-15(21)13-7-9-19(18-13)14-5-3-2-4-12(14)16/h2-5,7,9,11,20H,6,8,10H2,1H3,(H,17,21).